The van der Waals surface area contributed by atoms with Crippen molar-refractivity contribution in [1.82, 2.24) is 9.97 Å². The number of benzene rings is 3. The molecule has 1 aliphatic heterocycles. The van der Waals surface area contributed by atoms with Gasteiger partial charge < -0.3 is 9.64 Å². The molecule has 1 aromatic heterocycles. The lowest BCUT2D eigenvalue weighted by Gasteiger charge is -2.31. The number of hydrogen-bond acceptors (Lipinski definition) is 6. The zero-order valence-electron chi connectivity index (χ0n) is 18.2. The van der Waals surface area contributed by atoms with Crippen molar-refractivity contribution in [2.45, 2.75) is 24.7 Å². The van der Waals surface area contributed by atoms with E-state index >= 15 is 0 Å². The summed E-state index contributed by atoms with van der Waals surface area (Å²) >= 11 is 0. The number of fused-ring (bicyclic) bond motifs is 2. The van der Waals surface area contributed by atoms with Crippen LogP contribution in [0.2, 0.25) is 0 Å². The van der Waals surface area contributed by atoms with Crippen molar-refractivity contribution >= 4 is 38.4 Å². The molecule has 7 nitrogen and oxygen atoms in total. The van der Waals surface area contributed by atoms with Gasteiger partial charge in [0.05, 0.1) is 22.5 Å². The number of hydrogen-bond donors (Lipinski definition) is 1. The van der Waals surface area contributed by atoms with Crippen LogP contribution in [-0.4, -0.2) is 31.5 Å². The normalized spacial score (nSPS) is 13.5. The highest BCUT2D eigenvalue weighted by molar-refractivity contribution is 7.92. The van der Waals surface area contributed by atoms with Crippen molar-refractivity contribution in [3.63, 3.8) is 0 Å². The largest absolute Gasteiger partial charge is 0.494 e. The maximum atomic E-state index is 13.2. The van der Waals surface area contributed by atoms with Gasteiger partial charge in [0, 0.05) is 12.2 Å². The van der Waals surface area contributed by atoms with Crippen molar-refractivity contribution in [3.05, 3.63) is 78.4 Å². The van der Waals surface area contributed by atoms with Crippen molar-refractivity contribution in [3.8, 4) is 5.75 Å². The molecule has 168 valence electrons. The molecule has 1 aliphatic rings. The van der Waals surface area contributed by atoms with E-state index in [0.717, 1.165) is 25.1 Å². The minimum absolute atomic E-state index is 0.130. The fourth-order valence-electron chi connectivity index (χ4n) is 4.07. The third kappa shape index (κ3) is 4.21. The molecule has 0 saturated heterocycles. The minimum atomic E-state index is -3.89. The molecule has 33 heavy (non-hydrogen) atoms. The maximum absolute atomic E-state index is 13.2. The van der Waals surface area contributed by atoms with E-state index in [1.165, 1.54) is 17.7 Å². The number of ether oxygens (including phenoxy) is 1. The van der Waals surface area contributed by atoms with E-state index in [0.29, 0.717) is 29.2 Å². The van der Waals surface area contributed by atoms with Crippen LogP contribution in [0.25, 0.3) is 11.0 Å². The van der Waals surface area contributed by atoms with Gasteiger partial charge >= 0.3 is 0 Å². The first kappa shape index (κ1) is 21.2. The Morgan fingerprint density at radius 3 is 2.39 bits per heavy atom. The molecule has 8 heteroatoms. The summed E-state index contributed by atoms with van der Waals surface area (Å²) in [6.45, 7) is 3.12. The van der Waals surface area contributed by atoms with Gasteiger partial charge in [-0.05, 0) is 67.8 Å². The number of para-hydroxylation sites is 3. The third-order valence-corrected chi connectivity index (χ3v) is 6.95. The first-order chi connectivity index (χ1) is 16.0. The van der Waals surface area contributed by atoms with Crippen LogP contribution >= 0.6 is 0 Å². The van der Waals surface area contributed by atoms with Crippen LogP contribution in [0, 0.1) is 0 Å². The average Bonchev–Trinajstić information content (AvgIpc) is 2.84. The predicted octanol–water partition coefficient (Wildman–Crippen LogP) is 4.91. The number of nitrogens with zero attached hydrogens (tertiary/aromatic N) is 3. The Morgan fingerprint density at radius 2 is 1.64 bits per heavy atom. The number of aromatic nitrogens is 2. The second-order valence-electron chi connectivity index (χ2n) is 7.78. The molecule has 0 saturated carbocycles. The standard InChI is InChI=1S/C25H24N4O3S/c1-2-32-19-13-15-20(16-14-19)33(30,31)28-24-25(27-22-11-5-4-10-21(22)26-24)29-17-7-9-18-8-3-6-12-23(18)29/h3-6,8,10-16H,2,7,9,17H2,1H3,(H,26,28). The van der Waals surface area contributed by atoms with E-state index in [9.17, 15) is 8.42 Å². The molecule has 3 aromatic carbocycles. The first-order valence-electron chi connectivity index (χ1n) is 10.9. The molecule has 0 atom stereocenters. The lowest BCUT2D eigenvalue weighted by atomic mass is 10.0. The zero-order valence-corrected chi connectivity index (χ0v) is 19.0. The minimum Gasteiger partial charge on any atom is -0.494 e. The summed E-state index contributed by atoms with van der Waals surface area (Å²) in [5, 5.41) is 0. The number of rotatable bonds is 6. The van der Waals surface area contributed by atoms with Gasteiger partial charge in [0.1, 0.15) is 5.75 Å². The number of aryl methyl sites for hydroxylation is 1. The second kappa shape index (κ2) is 8.71. The van der Waals surface area contributed by atoms with E-state index in [1.54, 1.807) is 12.1 Å². The molecule has 0 radical (unpaired) electrons. The highest BCUT2D eigenvalue weighted by Gasteiger charge is 2.25. The van der Waals surface area contributed by atoms with Gasteiger partial charge in [-0.2, -0.15) is 0 Å². The Hall–Kier alpha value is -3.65. The fraction of sp³-hybridized carbons (Fsp3) is 0.200. The molecule has 0 fully saturated rings. The number of sulfonamides is 1. The van der Waals surface area contributed by atoms with Crippen molar-refractivity contribution in [2.75, 3.05) is 22.8 Å². The molecule has 4 aromatic rings. The van der Waals surface area contributed by atoms with E-state index < -0.39 is 10.0 Å². The Kier molecular flexibility index (Phi) is 5.60. The summed E-state index contributed by atoms with van der Waals surface area (Å²) in [6, 6.07) is 21.9. The van der Waals surface area contributed by atoms with Gasteiger partial charge in [-0.25, -0.2) is 18.4 Å². The molecular formula is C25H24N4O3S. The first-order valence-corrected chi connectivity index (χ1v) is 12.4. The van der Waals surface area contributed by atoms with Gasteiger partial charge in [0.25, 0.3) is 10.0 Å². The van der Waals surface area contributed by atoms with Gasteiger partial charge in [0.15, 0.2) is 11.6 Å². The summed E-state index contributed by atoms with van der Waals surface area (Å²) in [4.78, 5) is 11.7. The van der Waals surface area contributed by atoms with E-state index in [-0.39, 0.29) is 10.7 Å². The van der Waals surface area contributed by atoms with Gasteiger partial charge in [0.2, 0.25) is 0 Å². The van der Waals surface area contributed by atoms with Crippen LogP contribution < -0.4 is 14.4 Å². The molecule has 0 bridgehead atoms. The van der Waals surface area contributed by atoms with E-state index in [2.05, 4.69) is 15.8 Å². The summed E-state index contributed by atoms with van der Waals surface area (Å²) in [5.74, 6) is 1.32. The zero-order chi connectivity index (χ0) is 22.8. The molecule has 0 spiro atoms. The van der Waals surface area contributed by atoms with Crippen molar-refractivity contribution < 1.29 is 13.2 Å². The van der Waals surface area contributed by atoms with Crippen LogP contribution in [-0.2, 0) is 16.4 Å². The summed E-state index contributed by atoms with van der Waals surface area (Å²) in [7, 11) is -3.89. The van der Waals surface area contributed by atoms with Crippen molar-refractivity contribution in [1.29, 1.82) is 0 Å². The van der Waals surface area contributed by atoms with Gasteiger partial charge in [-0.15, -0.1) is 0 Å². The smallest absolute Gasteiger partial charge is 0.263 e. The fourth-order valence-corrected chi connectivity index (χ4v) is 5.07. The Balaban J connectivity index is 1.59. The van der Waals surface area contributed by atoms with Gasteiger partial charge in [-0.3, -0.25) is 4.72 Å². The third-order valence-electron chi connectivity index (χ3n) is 5.59. The van der Waals surface area contributed by atoms with Crippen LogP contribution in [0.4, 0.5) is 17.3 Å². The molecule has 5 rings (SSSR count). The number of nitrogens with one attached hydrogen (secondary N) is 1. The monoisotopic (exact) mass is 460 g/mol. The average molecular weight is 461 g/mol. The Labute approximate surface area is 193 Å². The Bertz CT molecular complexity index is 1410. The van der Waals surface area contributed by atoms with Crippen LogP contribution in [0.5, 0.6) is 5.75 Å². The molecule has 0 unspecified atom stereocenters. The molecule has 1 N–H and O–H groups in total. The highest BCUT2D eigenvalue weighted by atomic mass is 32.2. The van der Waals surface area contributed by atoms with Gasteiger partial charge in [-0.1, -0.05) is 30.3 Å². The van der Waals surface area contributed by atoms with Crippen LogP contribution in [0.1, 0.15) is 18.9 Å². The number of anilines is 3. The lowest BCUT2D eigenvalue weighted by molar-refractivity contribution is 0.340. The molecule has 0 aliphatic carbocycles. The molecule has 0 amide bonds. The quantitative estimate of drug-likeness (QED) is 0.440. The predicted molar refractivity (Wildman–Crippen MR) is 130 cm³/mol. The van der Waals surface area contributed by atoms with Crippen LogP contribution in [0.15, 0.2) is 77.7 Å². The second-order valence-corrected chi connectivity index (χ2v) is 9.46. The Morgan fingerprint density at radius 1 is 0.939 bits per heavy atom. The summed E-state index contributed by atoms with van der Waals surface area (Å²) in [6.07, 6.45) is 1.91. The van der Waals surface area contributed by atoms with Crippen LogP contribution in [0.3, 0.4) is 0 Å². The molecular weight excluding hydrogens is 436 g/mol. The van der Waals surface area contributed by atoms with E-state index in [4.69, 9.17) is 9.72 Å². The summed E-state index contributed by atoms with van der Waals surface area (Å²) in [5.41, 5.74) is 3.56. The van der Waals surface area contributed by atoms with E-state index in [1.807, 2.05) is 54.3 Å². The highest BCUT2D eigenvalue weighted by Crippen LogP contribution is 2.37. The SMILES string of the molecule is CCOc1ccc(S(=O)(=O)Nc2nc3ccccc3nc2N2CCCc3ccccc32)cc1. The maximum Gasteiger partial charge on any atom is 0.263 e. The lowest BCUT2D eigenvalue weighted by Crippen LogP contribution is -2.27. The summed E-state index contributed by atoms with van der Waals surface area (Å²) < 4.78 is 34.6. The topological polar surface area (TPSA) is 84.4 Å². The van der Waals surface area contributed by atoms with Crippen molar-refractivity contribution in [2.24, 2.45) is 0 Å². The molecule has 2 heterocycles.